The van der Waals surface area contributed by atoms with E-state index >= 15 is 0 Å². The van der Waals surface area contributed by atoms with Crippen molar-refractivity contribution in [3.05, 3.63) is 70.7 Å². The molecule has 0 radical (unpaired) electrons. The molecule has 0 N–H and O–H groups in total. The van der Waals surface area contributed by atoms with Gasteiger partial charge in [-0.3, -0.25) is 4.79 Å². The zero-order chi connectivity index (χ0) is 25.8. The van der Waals surface area contributed by atoms with E-state index in [1.54, 1.807) is 42.9 Å². The van der Waals surface area contributed by atoms with Crippen molar-refractivity contribution in [3.63, 3.8) is 0 Å². The van der Waals surface area contributed by atoms with Crippen LogP contribution in [0.4, 0.5) is 24.5 Å². The largest absolute Gasteiger partial charge is 0.413 e. The number of halogens is 4. The Bertz CT molecular complexity index is 1440. The van der Waals surface area contributed by atoms with Gasteiger partial charge in [-0.2, -0.15) is 18.3 Å². The summed E-state index contributed by atoms with van der Waals surface area (Å²) in [6.45, 7) is 2.35. The van der Waals surface area contributed by atoms with Crippen molar-refractivity contribution < 1.29 is 18.0 Å². The van der Waals surface area contributed by atoms with Crippen molar-refractivity contribution in [2.24, 2.45) is 7.05 Å². The summed E-state index contributed by atoms with van der Waals surface area (Å²) in [6.07, 6.45) is -0.0472. The number of aryl methyl sites for hydroxylation is 2. The molecule has 12 heteroatoms. The topological polar surface area (TPSA) is 71.6 Å². The maximum atomic E-state index is 14.2. The van der Waals surface area contributed by atoms with Crippen molar-refractivity contribution in [1.29, 1.82) is 0 Å². The van der Waals surface area contributed by atoms with Crippen LogP contribution in [-0.2, 0) is 13.5 Å². The normalized spacial score (nSPS) is 14.7. The Kier molecular flexibility index (Phi) is 5.90. The van der Waals surface area contributed by atoms with Gasteiger partial charge >= 0.3 is 6.18 Å². The van der Waals surface area contributed by atoms with Crippen LogP contribution in [-0.4, -0.2) is 54.7 Å². The van der Waals surface area contributed by atoms with E-state index in [2.05, 4.69) is 15.1 Å². The van der Waals surface area contributed by atoms with Crippen molar-refractivity contribution in [1.82, 2.24) is 29.0 Å². The Hall–Kier alpha value is -3.60. The van der Waals surface area contributed by atoms with Crippen LogP contribution in [0.5, 0.6) is 0 Å². The molecule has 0 bridgehead atoms. The van der Waals surface area contributed by atoms with Crippen molar-refractivity contribution >= 4 is 34.5 Å². The van der Waals surface area contributed by atoms with Crippen LogP contribution in [0.2, 0.25) is 5.15 Å². The summed E-state index contributed by atoms with van der Waals surface area (Å²) in [5.74, 6) is -0.229. The van der Waals surface area contributed by atoms with E-state index in [0.717, 1.165) is 37.0 Å². The molecule has 1 aromatic carbocycles. The lowest BCUT2D eigenvalue weighted by atomic mass is 10.0. The van der Waals surface area contributed by atoms with Gasteiger partial charge in [0.05, 0.1) is 23.8 Å². The minimum Gasteiger partial charge on any atom is -0.339 e. The molecule has 0 fully saturated rings. The molecule has 0 spiro atoms. The average molecular weight is 518 g/mol. The molecule has 3 aromatic heterocycles. The first-order valence-electron chi connectivity index (χ1n) is 11.3. The number of imidazole rings is 1. The van der Waals surface area contributed by atoms with Crippen LogP contribution < -0.4 is 4.90 Å². The number of hydrogen-bond acceptors (Lipinski definition) is 5. The number of benzene rings is 1. The molecular weight excluding hydrogens is 495 g/mol. The molecule has 4 aromatic rings. The van der Waals surface area contributed by atoms with Crippen LogP contribution in [0.3, 0.4) is 0 Å². The minimum atomic E-state index is -4.67. The molecule has 0 aliphatic carbocycles. The lowest BCUT2D eigenvalue weighted by Crippen LogP contribution is -2.40. The molecule has 0 saturated heterocycles. The SMILES string of the molecule is Cc1ncc(C(=O)N(C)[C@@H](c2ccc(N3CCCc4c3cnc3cc(Cl)nn43)cc2)C(F)(F)F)n1C. The summed E-state index contributed by atoms with van der Waals surface area (Å²) in [6, 6.07) is 5.66. The number of hydrogen-bond donors (Lipinski definition) is 0. The Morgan fingerprint density at radius 1 is 1.17 bits per heavy atom. The Labute approximate surface area is 209 Å². The third-order valence-electron chi connectivity index (χ3n) is 6.60. The van der Waals surface area contributed by atoms with E-state index in [0.29, 0.717) is 28.1 Å². The van der Waals surface area contributed by atoms with Gasteiger partial charge in [0, 0.05) is 32.4 Å². The van der Waals surface area contributed by atoms with Gasteiger partial charge in [-0.05, 0) is 37.5 Å². The molecule has 1 aliphatic rings. The molecule has 1 amide bonds. The van der Waals surface area contributed by atoms with Crippen LogP contribution in [0.1, 0.15) is 40.0 Å². The predicted octanol–water partition coefficient (Wildman–Crippen LogP) is 4.88. The summed E-state index contributed by atoms with van der Waals surface area (Å²) < 4.78 is 45.7. The maximum absolute atomic E-state index is 14.2. The third-order valence-corrected chi connectivity index (χ3v) is 6.78. The summed E-state index contributed by atoms with van der Waals surface area (Å²) >= 11 is 6.05. The second-order valence-corrected chi connectivity index (χ2v) is 9.17. The number of amides is 1. The number of aromatic nitrogens is 5. The van der Waals surface area contributed by atoms with Crippen LogP contribution >= 0.6 is 11.6 Å². The monoisotopic (exact) mass is 517 g/mol. The first-order chi connectivity index (χ1) is 17.1. The average Bonchev–Trinajstić information content (AvgIpc) is 3.39. The van der Waals surface area contributed by atoms with E-state index in [-0.39, 0.29) is 11.3 Å². The van der Waals surface area contributed by atoms with Gasteiger partial charge in [-0.25, -0.2) is 14.5 Å². The number of carbonyl (C=O) groups excluding carboxylic acids is 1. The zero-order valence-electron chi connectivity index (χ0n) is 19.8. The first kappa shape index (κ1) is 24.1. The smallest absolute Gasteiger partial charge is 0.339 e. The highest BCUT2D eigenvalue weighted by Crippen LogP contribution is 2.39. The van der Waals surface area contributed by atoms with Gasteiger partial charge in [-0.15, -0.1) is 0 Å². The van der Waals surface area contributed by atoms with Crippen molar-refractivity contribution in [2.75, 3.05) is 18.5 Å². The second-order valence-electron chi connectivity index (χ2n) is 8.78. The number of anilines is 2. The lowest BCUT2D eigenvalue weighted by Gasteiger charge is -2.32. The van der Waals surface area contributed by atoms with Gasteiger partial charge in [0.25, 0.3) is 5.91 Å². The first-order valence-corrected chi connectivity index (χ1v) is 11.7. The second kappa shape index (κ2) is 8.81. The maximum Gasteiger partial charge on any atom is 0.413 e. The molecule has 36 heavy (non-hydrogen) atoms. The van der Waals surface area contributed by atoms with E-state index in [1.807, 2.05) is 4.90 Å². The third kappa shape index (κ3) is 4.06. The van der Waals surface area contributed by atoms with E-state index in [9.17, 15) is 18.0 Å². The number of nitrogens with zero attached hydrogens (tertiary/aromatic N) is 7. The number of fused-ring (bicyclic) bond motifs is 3. The van der Waals surface area contributed by atoms with Gasteiger partial charge in [-0.1, -0.05) is 23.7 Å². The molecule has 5 rings (SSSR count). The molecule has 0 unspecified atom stereocenters. The Morgan fingerprint density at radius 2 is 1.89 bits per heavy atom. The fraction of sp³-hybridized carbons (Fsp3) is 0.333. The van der Waals surface area contributed by atoms with Gasteiger partial charge in [0.1, 0.15) is 11.5 Å². The minimum absolute atomic E-state index is 0.0364. The number of alkyl halides is 3. The number of rotatable bonds is 4. The Balaban J connectivity index is 1.47. The molecule has 1 aliphatic heterocycles. The van der Waals surface area contributed by atoms with Gasteiger partial charge < -0.3 is 14.4 Å². The highest BCUT2D eigenvalue weighted by molar-refractivity contribution is 6.29. The standard InChI is InChI=1S/C24H23ClF3N7O/c1-14-29-13-19(32(14)2)23(36)33(3)22(24(26,27)28)15-6-8-16(9-7-15)34-10-4-5-17-18(34)12-30-21-11-20(25)31-35(17)21/h6-9,11-13,22H,4-5,10H2,1-3H3/t22-/m0/s1. The highest BCUT2D eigenvalue weighted by atomic mass is 35.5. The van der Waals surface area contributed by atoms with Crippen LogP contribution in [0.25, 0.3) is 5.65 Å². The molecule has 1 atom stereocenters. The molecule has 0 saturated carbocycles. The van der Waals surface area contributed by atoms with E-state index < -0.39 is 18.1 Å². The summed E-state index contributed by atoms with van der Waals surface area (Å²) in [7, 11) is 2.75. The van der Waals surface area contributed by atoms with Gasteiger partial charge in [0.2, 0.25) is 0 Å². The summed E-state index contributed by atoms with van der Waals surface area (Å²) in [4.78, 5) is 24.1. The fourth-order valence-corrected chi connectivity index (χ4v) is 4.84. The van der Waals surface area contributed by atoms with E-state index in [4.69, 9.17) is 11.6 Å². The molecular formula is C24H23ClF3N7O. The van der Waals surface area contributed by atoms with Gasteiger partial charge in [0.15, 0.2) is 16.8 Å². The highest BCUT2D eigenvalue weighted by Gasteiger charge is 2.45. The van der Waals surface area contributed by atoms with Crippen LogP contribution in [0, 0.1) is 6.92 Å². The fourth-order valence-electron chi connectivity index (χ4n) is 4.66. The predicted molar refractivity (Wildman–Crippen MR) is 129 cm³/mol. The van der Waals surface area contributed by atoms with Crippen molar-refractivity contribution in [2.45, 2.75) is 32.0 Å². The van der Waals surface area contributed by atoms with Crippen LogP contribution in [0.15, 0.2) is 42.7 Å². The molecule has 4 heterocycles. The number of carbonyl (C=O) groups is 1. The zero-order valence-corrected chi connectivity index (χ0v) is 20.5. The van der Waals surface area contributed by atoms with E-state index in [1.165, 1.54) is 22.9 Å². The summed E-state index contributed by atoms with van der Waals surface area (Å²) in [5, 5.41) is 4.65. The summed E-state index contributed by atoms with van der Waals surface area (Å²) in [5.41, 5.74) is 3.17. The Morgan fingerprint density at radius 3 is 2.53 bits per heavy atom. The van der Waals surface area contributed by atoms with Crippen molar-refractivity contribution in [3.8, 4) is 0 Å². The lowest BCUT2D eigenvalue weighted by molar-refractivity contribution is -0.176. The quantitative estimate of drug-likeness (QED) is 0.386. The molecule has 188 valence electrons. The molecule has 8 nitrogen and oxygen atoms in total.